The minimum absolute atomic E-state index is 0.161. The van der Waals surface area contributed by atoms with Crippen LogP contribution in [0, 0.1) is 13.8 Å². The molecule has 27 heavy (non-hydrogen) atoms. The predicted octanol–water partition coefficient (Wildman–Crippen LogP) is 3.20. The first-order chi connectivity index (χ1) is 12.8. The molecule has 0 aliphatic carbocycles. The quantitative estimate of drug-likeness (QED) is 0.651. The van der Waals surface area contributed by atoms with Crippen LogP contribution in [0.1, 0.15) is 27.3 Å². The molecular weight excluding hydrogens is 366 g/mol. The van der Waals surface area contributed by atoms with Gasteiger partial charge in [-0.05, 0) is 37.6 Å². The Morgan fingerprint density at radius 1 is 1.26 bits per heavy atom. The summed E-state index contributed by atoms with van der Waals surface area (Å²) < 4.78 is 9.01. The van der Waals surface area contributed by atoms with Gasteiger partial charge >= 0.3 is 0 Å². The number of aromatic nitrogens is 4. The van der Waals surface area contributed by atoms with Gasteiger partial charge in [0.1, 0.15) is 5.75 Å². The number of carbonyl (C=O) groups excluding carboxylic acids is 1. The van der Waals surface area contributed by atoms with Crippen LogP contribution in [0.4, 0.5) is 0 Å². The molecule has 142 valence electrons. The second-order valence-corrected chi connectivity index (χ2v) is 6.93. The summed E-state index contributed by atoms with van der Waals surface area (Å²) in [5, 5.41) is 9.14. The Kier molecular flexibility index (Phi) is 5.51. The van der Waals surface area contributed by atoms with E-state index in [4.69, 9.17) is 16.3 Å². The number of nitrogens with zero attached hydrogens (tertiary/aromatic N) is 5. The van der Waals surface area contributed by atoms with E-state index in [2.05, 4.69) is 10.2 Å². The summed E-state index contributed by atoms with van der Waals surface area (Å²) in [6, 6.07) is 7.25. The lowest BCUT2D eigenvalue weighted by molar-refractivity contribution is 0.0777. The van der Waals surface area contributed by atoms with Gasteiger partial charge < -0.3 is 9.64 Å². The molecule has 0 spiro atoms. The van der Waals surface area contributed by atoms with Crippen LogP contribution in [0.2, 0.25) is 5.02 Å². The van der Waals surface area contributed by atoms with E-state index in [0.717, 1.165) is 16.8 Å². The highest BCUT2D eigenvalue weighted by Gasteiger charge is 2.17. The van der Waals surface area contributed by atoms with Gasteiger partial charge in [-0.1, -0.05) is 17.7 Å². The first-order valence-corrected chi connectivity index (χ1v) is 8.88. The molecule has 2 aromatic heterocycles. The molecule has 0 atom stereocenters. The smallest absolute Gasteiger partial charge is 0.274 e. The number of halogens is 1. The van der Waals surface area contributed by atoms with Crippen molar-refractivity contribution in [2.24, 2.45) is 7.05 Å². The average molecular weight is 388 g/mol. The van der Waals surface area contributed by atoms with Gasteiger partial charge in [0.15, 0.2) is 12.4 Å². The number of rotatable bonds is 6. The second-order valence-electron chi connectivity index (χ2n) is 6.52. The highest BCUT2D eigenvalue weighted by Crippen LogP contribution is 2.25. The molecule has 0 fully saturated rings. The highest BCUT2D eigenvalue weighted by atomic mass is 35.5. The molecule has 2 heterocycles. The van der Waals surface area contributed by atoms with Crippen LogP contribution in [0.3, 0.4) is 0 Å². The van der Waals surface area contributed by atoms with Crippen LogP contribution in [0.15, 0.2) is 36.7 Å². The van der Waals surface area contributed by atoms with Crippen LogP contribution in [-0.2, 0) is 20.3 Å². The third-order valence-electron chi connectivity index (χ3n) is 4.17. The van der Waals surface area contributed by atoms with Crippen molar-refractivity contribution in [3.05, 3.63) is 64.2 Å². The molecular formula is C19H22ClN5O2. The number of hydrogen-bond acceptors (Lipinski definition) is 4. The van der Waals surface area contributed by atoms with E-state index >= 15 is 0 Å². The van der Waals surface area contributed by atoms with Gasteiger partial charge in [0.2, 0.25) is 0 Å². The lowest BCUT2D eigenvalue weighted by Crippen LogP contribution is -2.27. The van der Waals surface area contributed by atoms with Crippen LogP contribution in [-0.4, -0.2) is 37.4 Å². The summed E-state index contributed by atoms with van der Waals surface area (Å²) in [7, 11) is 3.61. The van der Waals surface area contributed by atoms with Gasteiger partial charge in [-0.15, -0.1) is 0 Å². The van der Waals surface area contributed by atoms with Gasteiger partial charge in [-0.2, -0.15) is 10.2 Å². The molecule has 0 bridgehead atoms. The third kappa shape index (κ3) is 4.49. The zero-order chi connectivity index (χ0) is 19.6. The molecule has 0 saturated heterocycles. The van der Waals surface area contributed by atoms with Crippen LogP contribution >= 0.6 is 11.6 Å². The fraction of sp³-hybridized carbons (Fsp3) is 0.316. The van der Waals surface area contributed by atoms with Crippen molar-refractivity contribution in [1.29, 1.82) is 0 Å². The van der Waals surface area contributed by atoms with Gasteiger partial charge in [-0.3, -0.25) is 9.48 Å². The van der Waals surface area contributed by atoms with Gasteiger partial charge in [0.05, 0.1) is 10.7 Å². The van der Waals surface area contributed by atoms with E-state index in [1.807, 2.05) is 39.2 Å². The minimum atomic E-state index is -0.161. The molecule has 0 N–H and O–H groups in total. The Labute approximate surface area is 163 Å². The van der Waals surface area contributed by atoms with Crippen molar-refractivity contribution in [1.82, 2.24) is 24.5 Å². The molecule has 3 aromatic rings. The Morgan fingerprint density at radius 2 is 2.04 bits per heavy atom. The molecule has 1 aromatic carbocycles. The van der Waals surface area contributed by atoms with Gasteiger partial charge in [-0.25, -0.2) is 4.68 Å². The number of hydrogen-bond donors (Lipinski definition) is 0. The maximum atomic E-state index is 12.6. The monoisotopic (exact) mass is 387 g/mol. The SMILES string of the molecule is Cc1ccc(Cl)c(OCn2ccc(C(=O)N(C)Cc3cn(C)nc3C)n2)c1. The van der Waals surface area contributed by atoms with Gasteiger partial charge in [0, 0.05) is 38.6 Å². The van der Waals surface area contributed by atoms with E-state index in [9.17, 15) is 4.79 Å². The van der Waals surface area contributed by atoms with E-state index < -0.39 is 0 Å². The first kappa shape index (κ1) is 19.0. The fourth-order valence-electron chi connectivity index (χ4n) is 2.73. The Bertz CT molecular complexity index is 963. The molecule has 3 rings (SSSR count). The van der Waals surface area contributed by atoms with Crippen molar-refractivity contribution >= 4 is 17.5 Å². The number of benzene rings is 1. The van der Waals surface area contributed by atoms with E-state index in [1.54, 1.807) is 39.6 Å². The van der Waals surface area contributed by atoms with Crippen LogP contribution < -0.4 is 4.74 Å². The van der Waals surface area contributed by atoms with Crippen molar-refractivity contribution in [2.75, 3.05) is 7.05 Å². The number of aryl methyl sites for hydroxylation is 3. The molecule has 1 amide bonds. The fourth-order valence-corrected chi connectivity index (χ4v) is 2.90. The number of carbonyl (C=O) groups is 1. The van der Waals surface area contributed by atoms with E-state index in [1.165, 1.54) is 0 Å². The molecule has 0 saturated carbocycles. The number of amides is 1. The summed E-state index contributed by atoms with van der Waals surface area (Å²) in [4.78, 5) is 14.2. The zero-order valence-electron chi connectivity index (χ0n) is 15.8. The lowest BCUT2D eigenvalue weighted by Gasteiger charge is -2.15. The molecule has 0 radical (unpaired) electrons. The minimum Gasteiger partial charge on any atom is -0.470 e. The van der Waals surface area contributed by atoms with Gasteiger partial charge in [0.25, 0.3) is 5.91 Å². The standard InChI is InChI=1S/C19H22ClN5O2/c1-13-5-6-16(20)18(9-13)27-12-25-8-7-17(22-25)19(26)23(3)10-15-11-24(4)21-14(15)2/h5-9,11H,10,12H2,1-4H3. The topological polar surface area (TPSA) is 65.2 Å². The molecule has 0 aliphatic heterocycles. The van der Waals surface area contributed by atoms with E-state index in [0.29, 0.717) is 23.0 Å². The second kappa shape index (κ2) is 7.84. The summed E-state index contributed by atoms with van der Waals surface area (Å²) in [6.45, 7) is 4.53. The Balaban J connectivity index is 1.63. The largest absolute Gasteiger partial charge is 0.470 e. The lowest BCUT2D eigenvalue weighted by atomic mass is 10.2. The highest BCUT2D eigenvalue weighted by molar-refractivity contribution is 6.32. The van der Waals surface area contributed by atoms with Crippen molar-refractivity contribution in [2.45, 2.75) is 27.1 Å². The summed E-state index contributed by atoms with van der Waals surface area (Å²) in [5.74, 6) is 0.426. The Morgan fingerprint density at radius 3 is 2.74 bits per heavy atom. The molecule has 0 unspecified atom stereocenters. The van der Waals surface area contributed by atoms with Crippen LogP contribution in [0.25, 0.3) is 0 Å². The third-order valence-corrected chi connectivity index (χ3v) is 4.48. The first-order valence-electron chi connectivity index (χ1n) is 8.50. The average Bonchev–Trinajstić information content (AvgIpc) is 3.21. The summed E-state index contributed by atoms with van der Waals surface area (Å²) in [5.41, 5.74) is 3.33. The maximum absolute atomic E-state index is 12.6. The van der Waals surface area contributed by atoms with Crippen LogP contribution in [0.5, 0.6) is 5.75 Å². The van der Waals surface area contributed by atoms with Crippen molar-refractivity contribution < 1.29 is 9.53 Å². The van der Waals surface area contributed by atoms with Crippen molar-refractivity contribution in [3.8, 4) is 5.75 Å². The zero-order valence-corrected chi connectivity index (χ0v) is 16.6. The molecule has 8 heteroatoms. The summed E-state index contributed by atoms with van der Waals surface area (Å²) in [6.07, 6.45) is 3.62. The normalized spacial score (nSPS) is 10.9. The predicted molar refractivity (Wildman–Crippen MR) is 103 cm³/mol. The summed E-state index contributed by atoms with van der Waals surface area (Å²) >= 11 is 6.13. The molecule has 7 nitrogen and oxygen atoms in total. The van der Waals surface area contributed by atoms with Crippen molar-refractivity contribution in [3.63, 3.8) is 0 Å². The Hall–Kier alpha value is -2.80. The maximum Gasteiger partial charge on any atom is 0.274 e. The number of ether oxygens (including phenoxy) is 1. The van der Waals surface area contributed by atoms with E-state index in [-0.39, 0.29) is 12.6 Å². The molecule has 0 aliphatic rings.